The Labute approximate surface area is 141 Å². The van der Waals surface area contributed by atoms with Crippen LogP contribution in [0.3, 0.4) is 0 Å². The van der Waals surface area contributed by atoms with Gasteiger partial charge < -0.3 is 15.2 Å². The van der Waals surface area contributed by atoms with E-state index in [0.717, 1.165) is 49.8 Å². The predicted octanol–water partition coefficient (Wildman–Crippen LogP) is 0.973. The molecule has 3 rings (SSSR count). The molecule has 24 heavy (non-hydrogen) atoms. The Bertz CT molecular complexity index is 703. The third-order valence-electron chi connectivity index (χ3n) is 4.16. The summed E-state index contributed by atoms with van der Waals surface area (Å²) in [7, 11) is 0. The van der Waals surface area contributed by atoms with Gasteiger partial charge in [0.1, 0.15) is 11.5 Å². The fourth-order valence-corrected chi connectivity index (χ4v) is 3.02. The highest BCUT2D eigenvalue weighted by Gasteiger charge is 2.25. The standard InChI is InChI=1S/C16H25N7O/c1-10(2)8-12(18-16(24)13-9-11(3)19-20-13)15-22-21-14-4-5-17-6-7-23(14)15/h9-10,12,17H,4-8H2,1-3H3,(H,18,24)(H,19,20)/t12-/m0/s1. The van der Waals surface area contributed by atoms with Crippen LogP contribution in [0.15, 0.2) is 6.07 Å². The molecule has 1 aliphatic rings. The number of aryl methyl sites for hydroxylation is 1. The van der Waals surface area contributed by atoms with Gasteiger partial charge in [-0.15, -0.1) is 10.2 Å². The van der Waals surface area contributed by atoms with Crippen LogP contribution in [0, 0.1) is 12.8 Å². The summed E-state index contributed by atoms with van der Waals surface area (Å²) in [6.45, 7) is 8.77. The Balaban J connectivity index is 1.84. The van der Waals surface area contributed by atoms with Gasteiger partial charge in [0.05, 0.1) is 6.04 Å². The van der Waals surface area contributed by atoms with Crippen molar-refractivity contribution >= 4 is 5.91 Å². The third-order valence-corrected chi connectivity index (χ3v) is 4.16. The molecule has 0 bridgehead atoms. The molecular formula is C16H25N7O. The molecule has 130 valence electrons. The zero-order chi connectivity index (χ0) is 17.1. The van der Waals surface area contributed by atoms with E-state index in [9.17, 15) is 4.79 Å². The minimum Gasteiger partial charge on any atom is -0.341 e. The molecule has 2 aromatic heterocycles. The molecule has 0 unspecified atom stereocenters. The van der Waals surface area contributed by atoms with Crippen LogP contribution >= 0.6 is 0 Å². The Morgan fingerprint density at radius 2 is 2.21 bits per heavy atom. The number of nitrogens with zero attached hydrogens (tertiary/aromatic N) is 4. The number of nitrogens with one attached hydrogen (secondary N) is 3. The first-order valence-electron chi connectivity index (χ1n) is 8.50. The largest absolute Gasteiger partial charge is 0.341 e. The van der Waals surface area contributed by atoms with E-state index in [1.54, 1.807) is 6.07 Å². The first-order chi connectivity index (χ1) is 11.5. The number of H-pyrrole nitrogens is 1. The lowest BCUT2D eigenvalue weighted by atomic mass is 10.0. The average Bonchev–Trinajstić information content (AvgIpc) is 3.06. The van der Waals surface area contributed by atoms with Crippen LogP contribution in [0.1, 0.15) is 54.1 Å². The summed E-state index contributed by atoms with van der Waals surface area (Å²) >= 11 is 0. The molecule has 3 N–H and O–H groups in total. The Kier molecular flexibility index (Phi) is 4.94. The number of hydrogen-bond acceptors (Lipinski definition) is 5. The number of aromatic amines is 1. The van der Waals surface area contributed by atoms with Crippen molar-refractivity contribution in [2.45, 2.75) is 46.2 Å². The number of amides is 1. The molecule has 0 saturated carbocycles. The van der Waals surface area contributed by atoms with Crippen molar-refractivity contribution < 1.29 is 4.79 Å². The third kappa shape index (κ3) is 3.64. The van der Waals surface area contributed by atoms with E-state index in [0.29, 0.717) is 11.6 Å². The maximum Gasteiger partial charge on any atom is 0.272 e. The molecule has 0 fully saturated rings. The van der Waals surface area contributed by atoms with Gasteiger partial charge in [-0.3, -0.25) is 9.89 Å². The Morgan fingerprint density at radius 3 is 2.92 bits per heavy atom. The van der Waals surface area contributed by atoms with Crippen LogP contribution in [-0.2, 0) is 13.0 Å². The molecule has 1 atom stereocenters. The molecule has 0 radical (unpaired) electrons. The number of hydrogen-bond donors (Lipinski definition) is 3. The van der Waals surface area contributed by atoms with Gasteiger partial charge in [-0.05, 0) is 25.3 Å². The minimum atomic E-state index is -0.186. The van der Waals surface area contributed by atoms with Gasteiger partial charge in [0, 0.05) is 31.7 Å². The number of rotatable bonds is 5. The molecule has 8 heteroatoms. The second-order valence-corrected chi connectivity index (χ2v) is 6.72. The van der Waals surface area contributed by atoms with Gasteiger partial charge in [-0.1, -0.05) is 13.8 Å². The predicted molar refractivity (Wildman–Crippen MR) is 89.6 cm³/mol. The summed E-state index contributed by atoms with van der Waals surface area (Å²) < 4.78 is 2.14. The SMILES string of the molecule is Cc1cc(C(=O)N[C@@H](CC(C)C)c2nnc3n2CCNCC3)n[nH]1. The van der Waals surface area contributed by atoms with Crippen molar-refractivity contribution in [1.82, 2.24) is 35.6 Å². The van der Waals surface area contributed by atoms with Crippen molar-refractivity contribution in [3.8, 4) is 0 Å². The zero-order valence-electron chi connectivity index (χ0n) is 14.5. The maximum atomic E-state index is 12.5. The lowest BCUT2D eigenvalue weighted by Crippen LogP contribution is -2.32. The average molecular weight is 331 g/mol. The van der Waals surface area contributed by atoms with Crippen LogP contribution < -0.4 is 10.6 Å². The highest BCUT2D eigenvalue weighted by Crippen LogP contribution is 2.22. The Hall–Kier alpha value is -2.22. The van der Waals surface area contributed by atoms with Crippen LogP contribution in [0.4, 0.5) is 0 Å². The van der Waals surface area contributed by atoms with Gasteiger partial charge in [0.15, 0.2) is 5.82 Å². The molecule has 0 aromatic carbocycles. The van der Waals surface area contributed by atoms with Crippen molar-refractivity contribution in [3.63, 3.8) is 0 Å². The van der Waals surface area contributed by atoms with E-state index < -0.39 is 0 Å². The summed E-state index contributed by atoms with van der Waals surface area (Å²) in [4.78, 5) is 12.5. The normalized spacial score (nSPS) is 15.8. The number of carbonyl (C=O) groups is 1. The summed E-state index contributed by atoms with van der Waals surface area (Å²) in [6.07, 6.45) is 1.66. The summed E-state index contributed by atoms with van der Waals surface area (Å²) in [5.41, 5.74) is 1.27. The van der Waals surface area contributed by atoms with Crippen molar-refractivity contribution in [1.29, 1.82) is 0 Å². The second kappa shape index (κ2) is 7.12. The van der Waals surface area contributed by atoms with E-state index in [1.165, 1.54) is 0 Å². The van der Waals surface area contributed by atoms with Gasteiger partial charge in [-0.25, -0.2) is 0 Å². The summed E-state index contributed by atoms with van der Waals surface area (Å²) in [5, 5.41) is 22.0. The fraction of sp³-hybridized carbons (Fsp3) is 0.625. The molecule has 0 spiro atoms. The van der Waals surface area contributed by atoms with Gasteiger partial charge in [0.2, 0.25) is 0 Å². The van der Waals surface area contributed by atoms with E-state index in [2.05, 4.69) is 49.4 Å². The highest BCUT2D eigenvalue weighted by atomic mass is 16.2. The van der Waals surface area contributed by atoms with E-state index >= 15 is 0 Å². The van der Waals surface area contributed by atoms with Crippen molar-refractivity contribution in [2.24, 2.45) is 5.92 Å². The van der Waals surface area contributed by atoms with Gasteiger partial charge in [0.25, 0.3) is 5.91 Å². The minimum absolute atomic E-state index is 0.172. The lowest BCUT2D eigenvalue weighted by Gasteiger charge is -2.20. The highest BCUT2D eigenvalue weighted by molar-refractivity contribution is 5.92. The molecule has 0 saturated heterocycles. The van der Waals surface area contributed by atoms with Crippen molar-refractivity contribution in [2.75, 3.05) is 13.1 Å². The molecular weight excluding hydrogens is 306 g/mol. The molecule has 1 aliphatic heterocycles. The topological polar surface area (TPSA) is 101 Å². The summed E-state index contributed by atoms with van der Waals surface area (Å²) in [5.74, 6) is 2.05. The van der Waals surface area contributed by atoms with E-state index in [1.807, 2.05) is 6.92 Å². The Morgan fingerprint density at radius 1 is 1.38 bits per heavy atom. The monoisotopic (exact) mass is 331 g/mol. The van der Waals surface area contributed by atoms with Crippen LogP contribution in [0.25, 0.3) is 0 Å². The quantitative estimate of drug-likeness (QED) is 0.758. The first kappa shape index (κ1) is 16.6. The molecule has 0 aliphatic carbocycles. The molecule has 8 nitrogen and oxygen atoms in total. The molecule has 2 aromatic rings. The number of aromatic nitrogens is 5. The van der Waals surface area contributed by atoms with Gasteiger partial charge >= 0.3 is 0 Å². The van der Waals surface area contributed by atoms with Crippen LogP contribution in [0.5, 0.6) is 0 Å². The second-order valence-electron chi connectivity index (χ2n) is 6.72. The molecule has 1 amide bonds. The molecule has 3 heterocycles. The lowest BCUT2D eigenvalue weighted by molar-refractivity contribution is 0.0923. The van der Waals surface area contributed by atoms with E-state index in [-0.39, 0.29) is 11.9 Å². The smallest absolute Gasteiger partial charge is 0.272 e. The van der Waals surface area contributed by atoms with Crippen LogP contribution in [0.2, 0.25) is 0 Å². The first-order valence-corrected chi connectivity index (χ1v) is 8.50. The zero-order valence-corrected chi connectivity index (χ0v) is 14.5. The number of fused-ring (bicyclic) bond motifs is 1. The fourth-order valence-electron chi connectivity index (χ4n) is 3.02. The van der Waals surface area contributed by atoms with E-state index in [4.69, 9.17) is 0 Å². The summed E-state index contributed by atoms with van der Waals surface area (Å²) in [6, 6.07) is 1.57. The van der Waals surface area contributed by atoms with Crippen molar-refractivity contribution in [3.05, 3.63) is 29.1 Å². The van der Waals surface area contributed by atoms with Gasteiger partial charge in [-0.2, -0.15) is 5.10 Å². The van der Waals surface area contributed by atoms with Crippen LogP contribution in [-0.4, -0.2) is 44.0 Å². The number of carbonyl (C=O) groups excluding carboxylic acids is 1. The maximum absolute atomic E-state index is 12.5.